The lowest BCUT2D eigenvalue weighted by Gasteiger charge is -2.27. The lowest BCUT2D eigenvalue weighted by Crippen LogP contribution is -2.48. The Morgan fingerprint density at radius 2 is 1.88 bits per heavy atom. The third kappa shape index (κ3) is 5.41. The molecule has 8 heteroatoms. The summed E-state index contributed by atoms with van der Waals surface area (Å²) in [4.78, 5) is 12.0. The van der Waals surface area contributed by atoms with Crippen LogP contribution in [0, 0.1) is 5.92 Å². The summed E-state index contributed by atoms with van der Waals surface area (Å²) in [7, 11) is -3.55. The lowest BCUT2D eigenvalue weighted by atomic mass is 9.92. The molecule has 25 heavy (non-hydrogen) atoms. The topological polar surface area (TPSA) is 87.3 Å². The molecule has 2 aliphatic rings. The van der Waals surface area contributed by atoms with E-state index in [1.807, 2.05) is 6.07 Å². The van der Waals surface area contributed by atoms with Crippen LogP contribution in [-0.4, -0.2) is 40.5 Å². The fourth-order valence-corrected chi connectivity index (χ4v) is 4.18. The molecule has 1 aliphatic carbocycles. The Hall–Kier alpha value is -1.15. The molecule has 0 saturated carbocycles. The first-order valence-corrected chi connectivity index (χ1v) is 10.1. The van der Waals surface area contributed by atoms with Crippen molar-refractivity contribution in [3.63, 3.8) is 0 Å². The van der Waals surface area contributed by atoms with Crippen molar-refractivity contribution in [3.05, 3.63) is 29.3 Å². The van der Waals surface area contributed by atoms with Crippen LogP contribution in [0.1, 0.15) is 30.4 Å². The van der Waals surface area contributed by atoms with E-state index in [2.05, 4.69) is 15.4 Å². The number of aryl methyl sites for hydroxylation is 2. The molecular formula is C17H26ClN3O3S. The maximum absolute atomic E-state index is 12.4. The van der Waals surface area contributed by atoms with Crippen molar-refractivity contribution in [2.75, 3.05) is 26.2 Å². The average molecular weight is 388 g/mol. The molecule has 1 amide bonds. The molecule has 0 radical (unpaired) electrons. The third-order valence-corrected chi connectivity index (χ3v) is 6.19. The number of amides is 1. The Balaban J connectivity index is 0.00000225. The Labute approximate surface area is 155 Å². The molecular weight excluding hydrogens is 362 g/mol. The Bertz CT molecular complexity index is 705. The van der Waals surface area contributed by atoms with Gasteiger partial charge in [0.1, 0.15) is 0 Å². The average Bonchev–Trinajstić information content (AvgIpc) is 2.52. The maximum atomic E-state index is 12.4. The van der Waals surface area contributed by atoms with Gasteiger partial charge in [-0.1, -0.05) is 6.07 Å². The second kappa shape index (κ2) is 8.98. The molecule has 1 aromatic carbocycles. The molecule has 1 fully saturated rings. The van der Waals surface area contributed by atoms with Crippen molar-refractivity contribution in [2.24, 2.45) is 5.92 Å². The van der Waals surface area contributed by atoms with Crippen LogP contribution in [0.3, 0.4) is 0 Å². The minimum atomic E-state index is -3.55. The molecule has 140 valence electrons. The van der Waals surface area contributed by atoms with Crippen LogP contribution in [0.2, 0.25) is 0 Å². The highest BCUT2D eigenvalue weighted by Crippen LogP contribution is 2.23. The van der Waals surface area contributed by atoms with Gasteiger partial charge in [-0.2, -0.15) is 0 Å². The molecule has 0 aromatic heterocycles. The first-order chi connectivity index (χ1) is 11.5. The number of nitrogens with one attached hydrogen (secondary N) is 3. The number of carbonyl (C=O) groups excluding carboxylic acids is 1. The highest BCUT2D eigenvalue weighted by molar-refractivity contribution is 7.89. The SMILES string of the molecule is Cl.O=C(CCNS(=O)(=O)c1ccc2c(c1)CCCC2)NCC1CNC1. The van der Waals surface area contributed by atoms with Gasteiger partial charge >= 0.3 is 0 Å². The summed E-state index contributed by atoms with van der Waals surface area (Å²) in [6.45, 7) is 2.65. The molecule has 1 aliphatic heterocycles. The van der Waals surface area contributed by atoms with Crippen molar-refractivity contribution in [3.8, 4) is 0 Å². The van der Waals surface area contributed by atoms with Gasteiger partial charge in [-0.05, 0) is 48.9 Å². The Morgan fingerprint density at radius 1 is 1.16 bits per heavy atom. The first kappa shape index (κ1) is 20.2. The number of halogens is 1. The highest BCUT2D eigenvalue weighted by atomic mass is 35.5. The molecule has 3 rings (SSSR count). The summed E-state index contributed by atoms with van der Waals surface area (Å²) in [6, 6.07) is 5.36. The second-order valence-electron chi connectivity index (χ2n) is 6.61. The van der Waals surface area contributed by atoms with E-state index in [1.54, 1.807) is 12.1 Å². The van der Waals surface area contributed by atoms with Crippen molar-refractivity contribution in [2.45, 2.75) is 37.0 Å². The summed E-state index contributed by atoms with van der Waals surface area (Å²) in [5.74, 6) is 0.385. The van der Waals surface area contributed by atoms with Crippen LogP contribution in [0.5, 0.6) is 0 Å². The zero-order chi connectivity index (χ0) is 17.0. The van der Waals surface area contributed by atoms with Crippen LogP contribution in [-0.2, 0) is 27.7 Å². The van der Waals surface area contributed by atoms with E-state index >= 15 is 0 Å². The minimum absolute atomic E-state index is 0. The van der Waals surface area contributed by atoms with Crippen LogP contribution in [0.4, 0.5) is 0 Å². The van der Waals surface area contributed by atoms with E-state index in [-0.39, 0.29) is 31.3 Å². The molecule has 1 saturated heterocycles. The molecule has 6 nitrogen and oxygen atoms in total. The predicted octanol–water partition coefficient (Wildman–Crippen LogP) is 0.991. The highest BCUT2D eigenvalue weighted by Gasteiger charge is 2.19. The monoisotopic (exact) mass is 387 g/mol. The van der Waals surface area contributed by atoms with Crippen molar-refractivity contribution < 1.29 is 13.2 Å². The van der Waals surface area contributed by atoms with Crippen molar-refractivity contribution in [1.82, 2.24) is 15.4 Å². The molecule has 1 heterocycles. The molecule has 3 N–H and O–H groups in total. The van der Waals surface area contributed by atoms with Gasteiger partial charge in [0.2, 0.25) is 15.9 Å². The fraction of sp³-hybridized carbons (Fsp3) is 0.588. The molecule has 1 aromatic rings. The summed E-state index contributed by atoms with van der Waals surface area (Å²) >= 11 is 0. The number of rotatable bonds is 7. The number of carbonyl (C=O) groups is 1. The van der Waals surface area contributed by atoms with Gasteiger partial charge in [0.05, 0.1) is 4.90 Å². The standard InChI is InChI=1S/C17H25N3O3S.ClH/c21-17(19-12-13-10-18-11-13)7-8-20-24(22,23)16-6-5-14-3-1-2-4-15(14)9-16;/h5-6,9,13,18,20H,1-4,7-8,10-12H2,(H,19,21);1H. The van der Waals surface area contributed by atoms with Crippen LogP contribution in [0.15, 0.2) is 23.1 Å². The number of hydrogen-bond acceptors (Lipinski definition) is 4. The molecule has 0 spiro atoms. The van der Waals surface area contributed by atoms with Crippen LogP contribution < -0.4 is 15.4 Å². The zero-order valence-electron chi connectivity index (χ0n) is 14.2. The summed E-state index contributed by atoms with van der Waals surface area (Å²) in [5, 5.41) is 5.98. The first-order valence-electron chi connectivity index (χ1n) is 8.63. The number of fused-ring (bicyclic) bond motifs is 1. The molecule has 0 bridgehead atoms. The van der Waals surface area contributed by atoms with E-state index in [0.29, 0.717) is 17.4 Å². The zero-order valence-corrected chi connectivity index (χ0v) is 15.8. The van der Waals surface area contributed by atoms with Gasteiger partial charge in [0.25, 0.3) is 0 Å². The normalized spacial score (nSPS) is 17.1. The molecule has 0 unspecified atom stereocenters. The fourth-order valence-electron chi connectivity index (χ4n) is 3.10. The van der Waals surface area contributed by atoms with E-state index < -0.39 is 10.0 Å². The van der Waals surface area contributed by atoms with Crippen molar-refractivity contribution >= 4 is 28.3 Å². The third-order valence-electron chi connectivity index (χ3n) is 4.73. The van der Waals surface area contributed by atoms with Gasteiger partial charge in [-0.25, -0.2) is 13.1 Å². The number of sulfonamides is 1. The Morgan fingerprint density at radius 3 is 2.56 bits per heavy atom. The predicted molar refractivity (Wildman–Crippen MR) is 99.5 cm³/mol. The number of benzene rings is 1. The lowest BCUT2D eigenvalue weighted by molar-refractivity contribution is -0.121. The minimum Gasteiger partial charge on any atom is -0.356 e. The Kier molecular flexibility index (Phi) is 7.25. The molecule has 0 atom stereocenters. The number of hydrogen-bond donors (Lipinski definition) is 3. The van der Waals surface area contributed by atoms with Crippen molar-refractivity contribution in [1.29, 1.82) is 0 Å². The summed E-state index contributed by atoms with van der Waals surface area (Å²) in [5.41, 5.74) is 2.39. The van der Waals surface area contributed by atoms with E-state index in [4.69, 9.17) is 0 Å². The van der Waals surface area contributed by atoms with Crippen LogP contribution >= 0.6 is 12.4 Å². The van der Waals surface area contributed by atoms with Gasteiger partial charge in [-0.3, -0.25) is 4.79 Å². The van der Waals surface area contributed by atoms with E-state index in [1.165, 1.54) is 12.0 Å². The summed E-state index contributed by atoms with van der Waals surface area (Å²) < 4.78 is 27.3. The van der Waals surface area contributed by atoms with Gasteiger partial charge < -0.3 is 10.6 Å². The van der Waals surface area contributed by atoms with Gasteiger partial charge in [0, 0.05) is 38.5 Å². The van der Waals surface area contributed by atoms with E-state index in [9.17, 15) is 13.2 Å². The van der Waals surface area contributed by atoms with E-state index in [0.717, 1.165) is 37.9 Å². The van der Waals surface area contributed by atoms with Gasteiger partial charge in [0.15, 0.2) is 0 Å². The smallest absolute Gasteiger partial charge is 0.240 e. The quantitative estimate of drug-likeness (QED) is 0.651. The van der Waals surface area contributed by atoms with Gasteiger partial charge in [-0.15, -0.1) is 12.4 Å². The maximum Gasteiger partial charge on any atom is 0.240 e. The largest absolute Gasteiger partial charge is 0.356 e. The van der Waals surface area contributed by atoms with Crippen LogP contribution in [0.25, 0.3) is 0 Å². The second-order valence-corrected chi connectivity index (χ2v) is 8.38. The summed E-state index contributed by atoms with van der Waals surface area (Å²) in [6.07, 6.45) is 4.41.